The van der Waals surface area contributed by atoms with Gasteiger partial charge in [-0.2, -0.15) is 0 Å². The molecule has 0 aliphatic carbocycles. The van der Waals surface area contributed by atoms with Crippen LogP contribution in [0.4, 0.5) is 0 Å². The lowest BCUT2D eigenvalue weighted by Crippen LogP contribution is -2.39. The summed E-state index contributed by atoms with van der Waals surface area (Å²) in [6.45, 7) is 1.65. The molecular formula is C13H17NO6S. The summed E-state index contributed by atoms with van der Waals surface area (Å²) in [7, 11) is -2.63. The number of sulfone groups is 1. The van der Waals surface area contributed by atoms with E-state index in [1.807, 2.05) is 0 Å². The van der Waals surface area contributed by atoms with E-state index in [2.05, 4.69) is 5.32 Å². The maximum atomic E-state index is 12.4. The molecule has 1 amide bonds. The molecule has 0 fully saturated rings. The lowest BCUT2D eigenvalue weighted by atomic mass is 10.2. The molecule has 1 aromatic carbocycles. The predicted molar refractivity (Wildman–Crippen MR) is 74.9 cm³/mol. The van der Waals surface area contributed by atoms with Crippen LogP contribution >= 0.6 is 0 Å². The SMILES string of the molecule is COCCNC(=O)C(C)S(=O)(=O)c1ccccc1C(=O)O. The van der Waals surface area contributed by atoms with Crippen molar-refractivity contribution in [3.8, 4) is 0 Å². The quantitative estimate of drug-likeness (QED) is 0.701. The van der Waals surface area contributed by atoms with Crippen molar-refractivity contribution < 1.29 is 27.9 Å². The first kappa shape index (κ1) is 17.1. The first-order valence-corrected chi connectivity index (χ1v) is 7.70. The molecule has 1 atom stereocenters. The standard InChI is InChI=1S/C13H17NO6S/c1-9(12(15)14-7-8-20-2)21(18,19)11-6-4-3-5-10(11)13(16)17/h3-6,9H,7-8H2,1-2H3,(H,14,15)(H,16,17). The summed E-state index contributed by atoms with van der Waals surface area (Å²) in [6, 6.07) is 5.20. The van der Waals surface area contributed by atoms with E-state index >= 15 is 0 Å². The van der Waals surface area contributed by atoms with Gasteiger partial charge in [-0.1, -0.05) is 12.1 Å². The molecule has 1 unspecified atom stereocenters. The molecule has 0 spiro atoms. The average Bonchev–Trinajstić information content (AvgIpc) is 2.46. The van der Waals surface area contributed by atoms with Gasteiger partial charge in [-0.25, -0.2) is 13.2 Å². The van der Waals surface area contributed by atoms with Crippen molar-refractivity contribution in [2.24, 2.45) is 0 Å². The highest BCUT2D eigenvalue weighted by Gasteiger charge is 2.32. The number of hydrogen-bond donors (Lipinski definition) is 2. The number of carboxylic acid groups (broad SMARTS) is 1. The number of hydrogen-bond acceptors (Lipinski definition) is 5. The van der Waals surface area contributed by atoms with Crippen LogP contribution in [-0.4, -0.2) is 50.9 Å². The van der Waals surface area contributed by atoms with Crippen LogP contribution in [0.25, 0.3) is 0 Å². The summed E-state index contributed by atoms with van der Waals surface area (Å²) in [6.07, 6.45) is 0. The number of ether oxygens (including phenoxy) is 1. The highest BCUT2D eigenvalue weighted by Crippen LogP contribution is 2.20. The highest BCUT2D eigenvalue weighted by molar-refractivity contribution is 7.92. The fourth-order valence-electron chi connectivity index (χ4n) is 1.64. The van der Waals surface area contributed by atoms with Crippen molar-refractivity contribution in [3.05, 3.63) is 29.8 Å². The van der Waals surface area contributed by atoms with Gasteiger partial charge in [-0.05, 0) is 19.1 Å². The smallest absolute Gasteiger partial charge is 0.337 e. The van der Waals surface area contributed by atoms with Gasteiger partial charge in [0.1, 0.15) is 5.25 Å². The number of carbonyl (C=O) groups excluding carboxylic acids is 1. The first-order chi connectivity index (χ1) is 9.82. The van der Waals surface area contributed by atoms with Crippen LogP contribution < -0.4 is 5.32 Å². The van der Waals surface area contributed by atoms with E-state index in [0.717, 1.165) is 0 Å². The maximum absolute atomic E-state index is 12.4. The zero-order valence-electron chi connectivity index (χ0n) is 11.7. The fraction of sp³-hybridized carbons (Fsp3) is 0.385. The molecule has 0 aliphatic rings. The number of methoxy groups -OCH3 is 1. The summed E-state index contributed by atoms with van der Waals surface area (Å²) >= 11 is 0. The molecule has 0 aliphatic heterocycles. The molecule has 21 heavy (non-hydrogen) atoms. The van der Waals surface area contributed by atoms with Crippen molar-refractivity contribution in [3.63, 3.8) is 0 Å². The Balaban J connectivity index is 3.06. The molecule has 116 valence electrons. The Bertz CT molecular complexity index is 625. The number of amides is 1. The highest BCUT2D eigenvalue weighted by atomic mass is 32.2. The number of carbonyl (C=O) groups is 2. The normalized spacial score (nSPS) is 12.7. The largest absolute Gasteiger partial charge is 0.478 e. The number of rotatable bonds is 7. The van der Waals surface area contributed by atoms with Gasteiger partial charge in [0, 0.05) is 13.7 Å². The lowest BCUT2D eigenvalue weighted by Gasteiger charge is -2.14. The Labute approximate surface area is 122 Å². The zero-order valence-corrected chi connectivity index (χ0v) is 12.5. The molecule has 1 aromatic rings. The third kappa shape index (κ3) is 4.02. The maximum Gasteiger partial charge on any atom is 0.337 e. The van der Waals surface area contributed by atoms with Crippen molar-refractivity contribution in [2.75, 3.05) is 20.3 Å². The van der Waals surface area contributed by atoms with E-state index < -0.39 is 27.0 Å². The van der Waals surface area contributed by atoms with Crippen LogP contribution in [0.2, 0.25) is 0 Å². The second-order valence-corrected chi connectivity index (χ2v) is 6.51. The van der Waals surface area contributed by atoms with Crippen LogP contribution in [0.1, 0.15) is 17.3 Å². The first-order valence-electron chi connectivity index (χ1n) is 6.15. The van der Waals surface area contributed by atoms with Crippen molar-refractivity contribution >= 4 is 21.7 Å². The van der Waals surface area contributed by atoms with Crippen LogP contribution in [0.15, 0.2) is 29.2 Å². The minimum atomic E-state index is -4.08. The molecule has 7 nitrogen and oxygen atoms in total. The van der Waals surface area contributed by atoms with Crippen molar-refractivity contribution in [1.82, 2.24) is 5.32 Å². The monoisotopic (exact) mass is 315 g/mol. The van der Waals surface area contributed by atoms with Gasteiger partial charge in [-0.3, -0.25) is 4.79 Å². The van der Waals surface area contributed by atoms with Crippen molar-refractivity contribution in [1.29, 1.82) is 0 Å². The minimum absolute atomic E-state index is 0.176. The fourth-order valence-corrected chi connectivity index (χ4v) is 3.12. The van der Waals surface area contributed by atoms with Crippen LogP contribution in [-0.2, 0) is 19.4 Å². The topological polar surface area (TPSA) is 110 Å². The summed E-state index contributed by atoms with van der Waals surface area (Å²) in [4.78, 5) is 22.5. The van der Waals surface area contributed by atoms with Gasteiger partial charge in [0.15, 0.2) is 9.84 Å². The molecule has 0 bridgehead atoms. The second-order valence-electron chi connectivity index (χ2n) is 4.27. The molecular weight excluding hydrogens is 298 g/mol. The van der Waals surface area contributed by atoms with Crippen LogP contribution in [0, 0.1) is 0 Å². The predicted octanol–water partition coefficient (Wildman–Crippen LogP) is 0.310. The Morgan fingerprint density at radius 3 is 2.52 bits per heavy atom. The van der Waals surface area contributed by atoms with Gasteiger partial charge >= 0.3 is 5.97 Å². The Hall–Kier alpha value is -1.93. The summed E-state index contributed by atoms with van der Waals surface area (Å²) in [5.41, 5.74) is -0.353. The summed E-state index contributed by atoms with van der Waals surface area (Å²) in [5.74, 6) is -2.06. The Morgan fingerprint density at radius 2 is 1.95 bits per heavy atom. The van der Waals surface area contributed by atoms with E-state index in [1.165, 1.54) is 38.3 Å². The van der Waals surface area contributed by atoms with Crippen LogP contribution in [0.3, 0.4) is 0 Å². The molecule has 0 saturated heterocycles. The number of carboxylic acids is 1. The number of nitrogens with one attached hydrogen (secondary N) is 1. The minimum Gasteiger partial charge on any atom is -0.478 e. The zero-order chi connectivity index (χ0) is 16.0. The Morgan fingerprint density at radius 1 is 1.33 bits per heavy atom. The summed E-state index contributed by atoms with van der Waals surface area (Å²) < 4.78 is 29.5. The third-order valence-corrected chi connectivity index (χ3v) is 4.98. The third-order valence-electron chi connectivity index (χ3n) is 2.86. The lowest BCUT2D eigenvalue weighted by molar-refractivity contribution is -0.120. The molecule has 2 N–H and O–H groups in total. The van der Waals surface area contributed by atoms with Gasteiger partial charge in [0.2, 0.25) is 5.91 Å². The van der Waals surface area contributed by atoms with Gasteiger partial charge in [0.05, 0.1) is 17.1 Å². The van der Waals surface area contributed by atoms with Gasteiger partial charge in [-0.15, -0.1) is 0 Å². The summed E-state index contributed by atoms with van der Waals surface area (Å²) in [5, 5.41) is 10.1. The molecule has 0 saturated carbocycles. The average molecular weight is 315 g/mol. The van der Waals surface area contributed by atoms with Crippen molar-refractivity contribution in [2.45, 2.75) is 17.1 Å². The van der Waals surface area contributed by atoms with Gasteiger partial charge in [0.25, 0.3) is 0 Å². The van der Waals surface area contributed by atoms with E-state index in [1.54, 1.807) is 0 Å². The van der Waals surface area contributed by atoms with E-state index in [9.17, 15) is 18.0 Å². The van der Waals surface area contributed by atoms with E-state index in [4.69, 9.17) is 9.84 Å². The van der Waals surface area contributed by atoms with Gasteiger partial charge < -0.3 is 15.2 Å². The van der Waals surface area contributed by atoms with E-state index in [-0.39, 0.29) is 23.6 Å². The van der Waals surface area contributed by atoms with Crippen LogP contribution in [0.5, 0.6) is 0 Å². The molecule has 0 radical (unpaired) electrons. The second kappa shape index (κ2) is 7.19. The molecule has 0 heterocycles. The number of aromatic carboxylic acids is 1. The Kier molecular flexibility index (Phi) is 5.86. The number of benzene rings is 1. The van der Waals surface area contributed by atoms with E-state index in [0.29, 0.717) is 0 Å². The molecule has 1 rings (SSSR count). The molecule has 8 heteroatoms. The molecule has 0 aromatic heterocycles.